The van der Waals surface area contributed by atoms with Crippen molar-refractivity contribution in [1.82, 2.24) is 9.34 Å². The molecule has 1 fully saturated rings. The second kappa shape index (κ2) is 10.3. The Hall–Kier alpha value is 0.310. The lowest BCUT2D eigenvalue weighted by molar-refractivity contribution is 0.155. The van der Waals surface area contributed by atoms with Crippen LogP contribution in [0.1, 0.15) is 87.5 Å². The minimum absolute atomic E-state index is 0.507. The SMILES string of the molecule is CC(C)N(C(C)C)P(OCC1CCCCC1)N(C(C)C)C(C)C. The quantitative estimate of drug-likeness (QED) is 0.474. The van der Waals surface area contributed by atoms with Crippen LogP contribution in [0, 0.1) is 5.92 Å². The van der Waals surface area contributed by atoms with Crippen LogP contribution in [0.4, 0.5) is 0 Å². The molecule has 0 N–H and O–H groups in total. The highest BCUT2D eigenvalue weighted by Gasteiger charge is 2.34. The Bertz CT molecular complexity index is 278. The van der Waals surface area contributed by atoms with Crippen LogP contribution in [0.25, 0.3) is 0 Å². The molecule has 0 unspecified atom stereocenters. The van der Waals surface area contributed by atoms with Gasteiger partial charge in [-0.3, -0.25) is 0 Å². The maximum atomic E-state index is 6.67. The van der Waals surface area contributed by atoms with Gasteiger partial charge in [0.15, 0.2) is 8.45 Å². The van der Waals surface area contributed by atoms with E-state index >= 15 is 0 Å². The lowest BCUT2D eigenvalue weighted by Gasteiger charge is -2.46. The van der Waals surface area contributed by atoms with E-state index in [1.165, 1.54) is 32.1 Å². The molecule has 138 valence electrons. The predicted octanol–water partition coefficient (Wildman–Crippen LogP) is 6.05. The topological polar surface area (TPSA) is 15.7 Å². The van der Waals surface area contributed by atoms with Crippen LogP contribution in [0.2, 0.25) is 0 Å². The third kappa shape index (κ3) is 6.61. The zero-order valence-corrected chi connectivity index (χ0v) is 17.8. The minimum atomic E-state index is -0.704. The van der Waals surface area contributed by atoms with Crippen molar-refractivity contribution < 1.29 is 4.52 Å². The molecular weight excluding hydrogens is 303 g/mol. The van der Waals surface area contributed by atoms with Crippen LogP contribution >= 0.6 is 8.45 Å². The molecule has 0 bridgehead atoms. The summed E-state index contributed by atoms with van der Waals surface area (Å²) in [6.45, 7) is 19.4. The van der Waals surface area contributed by atoms with Gasteiger partial charge in [0.05, 0.1) is 6.61 Å². The van der Waals surface area contributed by atoms with Crippen molar-refractivity contribution in [2.75, 3.05) is 6.61 Å². The van der Waals surface area contributed by atoms with Crippen molar-refractivity contribution in [2.45, 2.75) is 112 Å². The van der Waals surface area contributed by atoms with Crippen molar-refractivity contribution in [2.24, 2.45) is 5.92 Å². The van der Waals surface area contributed by atoms with Crippen LogP contribution in [0.5, 0.6) is 0 Å². The standard InChI is InChI=1S/C19H41N2OP/c1-15(2)20(16(3)4)23(21(17(5)6)18(7)8)22-14-19-12-10-9-11-13-19/h15-19H,9-14H2,1-8H3. The van der Waals surface area contributed by atoms with Crippen LogP contribution < -0.4 is 0 Å². The lowest BCUT2D eigenvalue weighted by Crippen LogP contribution is -2.43. The highest BCUT2D eigenvalue weighted by Crippen LogP contribution is 2.51. The molecular formula is C19H41N2OP. The molecule has 0 aromatic heterocycles. The molecule has 0 heterocycles. The Kier molecular flexibility index (Phi) is 9.59. The molecule has 1 aliphatic rings. The molecule has 0 radical (unpaired) electrons. The summed E-state index contributed by atoms with van der Waals surface area (Å²) in [5.74, 6) is 0.774. The summed E-state index contributed by atoms with van der Waals surface area (Å²) in [5, 5.41) is 0. The van der Waals surface area contributed by atoms with Crippen molar-refractivity contribution in [3.05, 3.63) is 0 Å². The number of hydrogen-bond donors (Lipinski definition) is 0. The Morgan fingerprint density at radius 2 is 1.13 bits per heavy atom. The maximum Gasteiger partial charge on any atom is 0.188 e. The largest absolute Gasteiger partial charge is 0.331 e. The molecule has 4 heteroatoms. The second-order valence-corrected chi connectivity index (χ2v) is 9.88. The zero-order valence-electron chi connectivity index (χ0n) is 16.9. The number of rotatable bonds is 9. The number of hydrogen-bond acceptors (Lipinski definition) is 3. The molecule has 1 rings (SSSR count). The van der Waals surface area contributed by atoms with Gasteiger partial charge in [-0.15, -0.1) is 0 Å². The molecule has 0 atom stereocenters. The van der Waals surface area contributed by atoms with Crippen molar-refractivity contribution in [1.29, 1.82) is 0 Å². The average Bonchev–Trinajstić information content (AvgIpc) is 2.44. The smallest absolute Gasteiger partial charge is 0.188 e. The first kappa shape index (κ1) is 21.4. The maximum absolute atomic E-state index is 6.67. The molecule has 23 heavy (non-hydrogen) atoms. The predicted molar refractivity (Wildman–Crippen MR) is 104 cm³/mol. The second-order valence-electron chi connectivity index (χ2n) is 8.19. The van der Waals surface area contributed by atoms with Gasteiger partial charge in [0.25, 0.3) is 0 Å². The van der Waals surface area contributed by atoms with Gasteiger partial charge in [-0.2, -0.15) is 0 Å². The van der Waals surface area contributed by atoms with E-state index in [-0.39, 0.29) is 0 Å². The Morgan fingerprint density at radius 1 is 0.739 bits per heavy atom. The van der Waals surface area contributed by atoms with Gasteiger partial charge in [0, 0.05) is 24.2 Å². The van der Waals surface area contributed by atoms with E-state index in [1.807, 2.05) is 0 Å². The van der Waals surface area contributed by atoms with Crippen LogP contribution in [0.15, 0.2) is 0 Å². The van der Waals surface area contributed by atoms with Crippen LogP contribution in [-0.2, 0) is 4.52 Å². The first-order valence-electron chi connectivity index (χ1n) is 9.75. The fraction of sp³-hybridized carbons (Fsp3) is 1.00. The van der Waals surface area contributed by atoms with Crippen molar-refractivity contribution in [3.63, 3.8) is 0 Å². The van der Waals surface area contributed by atoms with Gasteiger partial charge in [0.1, 0.15) is 0 Å². The van der Waals surface area contributed by atoms with Gasteiger partial charge in [-0.25, -0.2) is 9.34 Å². The molecule has 1 aliphatic carbocycles. The van der Waals surface area contributed by atoms with E-state index in [2.05, 4.69) is 64.7 Å². The average molecular weight is 345 g/mol. The van der Waals surface area contributed by atoms with Gasteiger partial charge in [-0.1, -0.05) is 19.3 Å². The van der Waals surface area contributed by atoms with Crippen LogP contribution in [0.3, 0.4) is 0 Å². The summed E-state index contributed by atoms with van der Waals surface area (Å²) in [5.41, 5.74) is 0. The van der Waals surface area contributed by atoms with Crippen molar-refractivity contribution >= 4 is 8.45 Å². The Labute approximate surface area is 147 Å². The third-order valence-electron chi connectivity index (χ3n) is 4.66. The van der Waals surface area contributed by atoms with E-state index in [0.29, 0.717) is 24.2 Å². The fourth-order valence-electron chi connectivity index (χ4n) is 3.76. The van der Waals surface area contributed by atoms with Crippen LogP contribution in [-0.4, -0.2) is 40.1 Å². The molecule has 3 nitrogen and oxygen atoms in total. The fourth-order valence-corrected chi connectivity index (χ4v) is 6.19. The Balaban J connectivity index is 2.89. The van der Waals surface area contributed by atoms with E-state index in [0.717, 1.165) is 12.5 Å². The van der Waals surface area contributed by atoms with E-state index in [1.54, 1.807) is 0 Å². The first-order chi connectivity index (χ1) is 10.8. The summed E-state index contributed by atoms with van der Waals surface area (Å²) in [6.07, 6.45) is 6.91. The molecule has 0 aliphatic heterocycles. The summed E-state index contributed by atoms with van der Waals surface area (Å²) in [7, 11) is -0.704. The number of nitrogens with zero attached hydrogens (tertiary/aromatic N) is 2. The molecule has 0 aromatic rings. The molecule has 0 amide bonds. The highest BCUT2D eigenvalue weighted by atomic mass is 31.2. The molecule has 0 aromatic carbocycles. The molecule has 1 saturated carbocycles. The monoisotopic (exact) mass is 344 g/mol. The molecule has 0 spiro atoms. The van der Waals surface area contributed by atoms with E-state index in [4.69, 9.17) is 4.52 Å². The summed E-state index contributed by atoms with van der Waals surface area (Å²) in [6, 6.07) is 2.03. The summed E-state index contributed by atoms with van der Waals surface area (Å²) < 4.78 is 11.9. The summed E-state index contributed by atoms with van der Waals surface area (Å²) >= 11 is 0. The highest BCUT2D eigenvalue weighted by molar-refractivity contribution is 7.47. The van der Waals surface area contributed by atoms with Gasteiger partial charge in [-0.05, 0) is 74.1 Å². The lowest BCUT2D eigenvalue weighted by atomic mass is 9.90. The molecule has 0 saturated heterocycles. The Morgan fingerprint density at radius 3 is 1.48 bits per heavy atom. The van der Waals surface area contributed by atoms with Gasteiger partial charge >= 0.3 is 0 Å². The normalized spacial score (nSPS) is 17.9. The third-order valence-corrected chi connectivity index (χ3v) is 7.68. The first-order valence-corrected chi connectivity index (χ1v) is 10.9. The summed E-state index contributed by atoms with van der Waals surface area (Å²) in [4.78, 5) is 0. The van der Waals surface area contributed by atoms with Crippen molar-refractivity contribution in [3.8, 4) is 0 Å². The van der Waals surface area contributed by atoms with E-state index < -0.39 is 8.45 Å². The van der Waals surface area contributed by atoms with Gasteiger partial charge in [0.2, 0.25) is 0 Å². The minimum Gasteiger partial charge on any atom is -0.331 e. The zero-order chi connectivity index (χ0) is 17.6. The van der Waals surface area contributed by atoms with Gasteiger partial charge < -0.3 is 4.52 Å². The van der Waals surface area contributed by atoms with E-state index in [9.17, 15) is 0 Å².